The highest BCUT2D eigenvalue weighted by atomic mass is 32.1. The van der Waals surface area contributed by atoms with Gasteiger partial charge in [0.2, 0.25) is 0 Å². The van der Waals surface area contributed by atoms with Crippen molar-refractivity contribution < 1.29 is 14.7 Å². The number of rotatable bonds is 4. The molecule has 6 nitrogen and oxygen atoms in total. The standard InChI is InChI=1S/C11H15N3O3S/c1-7(8-12-5-6-18-8)13-10(17)14-11(9(15)16)3-2-4-11/h5-7H,2-4H2,1H3,(H,15,16)(H2,13,14,17). The molecule has 18 heavy (non-hydrogen) atoms. The van der Waals surface area contributed by atoms with Crippen molar-refractivity contribution in [3.63, 3.8) is 0 Å². The molecule has 1 unspecified atom stereocenters. The van der Waals surface area contributed by atoms with Gasteiger partial charge in [-0.05, 0) is 26.2 Å². The molecule has 98 valence electrons. The van der Waals surface area contributed by atoms with E-state index in [0.29, 0.717) is 12.8 Å². The molecule has 1 saturated carbocycles. The van der Waals surface area contributed by atoms with E-state index < -0.39 is 17.5 Å². The third kappa shape index (κ3) is 2.45. The smallest absolute Gasteiger partial charge is 0.329 e. The molecule has 3 N–H and O–H groups in total. The maximum absolute atomic E-state index is 11.8. The Morgan fingerprint density at radius 2 is 2.28 bits per heavy atom. The third-order valence-electron chi connectivity index (χ3n) is 3.14. The second-order valence-corrected chi connectivity index (χ2v) is 5.36. The minimum Gasteiger partial charge on any atom is -0.480 e. The van der Waals surface area contributed by atoms with E-state index in [0.717, 1.165) is 11.4 Å². The largest absolute Gasteiger partial charge is 0.480 e. The molecule has 0 bridgehead atoms. The number of hydrogen-bond donors (Lipinski definition) is 3. The van der Waals surface area contributed by atoms with Gasteiger partial charge in [-0.25, -0.2) is 14.6 Å². The molecule has 1 aromatic rings. The molecular formula is C11H15N3O3S. The lowest BCUT2D eigenvalue weighted by molar-refractivity contribution is -0.148. The summed E-state index contributed by atoms with van der Waals surface area (Å²) in [6.45, 7) is 1.81. The molecule has 0 aromatic carbocycles. The average Bonchev–Trinajstić information content (AvgIpc) is 2.76. The molecule has 0 saturated heterocycles. The summed E-state index contributed by atoms with van der Waals surface area (Å²) in [6.07, 6.45) is 3.47. The van der Waals surface area contributed by atoms with Crippen molar-refractivity contribution in [2.75, 3.05) is 0 Å². The Hall–Kier alpha value is -1.63. The van der Waals surface area contributed by atoms with Crippen LogP contribution in [0.5, 0.6) is 0 Å². The number of aliphatic carboxylic acids is 1. The van der Waals surface area contributed by atoms with Crippen LogP contribution < -0.4 is 10.6 Å². The molecule has 0 radical (unpaired) electrons. The van der Waals surface area contributed by atoms with Crippen LogP contribution in [0.4, 0.5) is 4.79 Å². The van der Waals surface area contributed by atoms with Gasteiger partial charge in [0.1, 0.15) is 10.5 Å². The van der Waals surface area contributed by atoms with Crippen LogP contribution >= 0.6 is 11.3 Å². The molecule has 1 aliphatic rings. The Morgan fingerprint density at radius 3 is 2.72 bits per heavy atom. The van der Waals surface area contributed by atoms with Gasteiger partial charge in [0.15, 0.2) is 0 Å². The number of nitrogens with one attached hydrogen (secondary N) is 2. The SMILES string of the molecule is CC(NC(=O)NC1(C(=O)O)CCC1)c1nccs1. The van der Waals surface area contributed by atoms with Crippen molar-refractivity contribution >= 4 is 23.3 Å². The molecule has 1 aromatic heterocycles. The lowest BCUT2D eigenvalue weighted by Crippen LogP contribution is -2.61. The highest BCUT2D eigenvalue weighted by Crippen LogP contribution is 2.32. The summed E-state index contributed by atoms with van der Waals surface area (Å²) in [5.74, 6) is -0.967. The first kappa shape index (κ1) is 12.8. The summed E-state index contributed by atoms with van der Waals surface area (Å²) in [5, 5.41) is 17.0. The maximum Gasteiger partial charge on any atom is 0.329 e. The second kappa shape index (κ2) is 4.93. The van der Waals surface area contributed by atoms with Crippen molar-refractivity contribution in [3.8, 4) is 0 Å². The zero-order valence-corrected chi connectivity index (χ0v) is 10.8. The van der Waals surface area contributed by atoms with E-state index in [1.54, 1.807) is 6.20 Å². The molecule has 1 heterocycles. The van der Waals surface area contributed by atoms with Crippen molar-refractivity contribution in [2.45, 2.75) is 37.8 Å². The Kier molecular flexibility index (Phi) is 3.51. The Balaban J connectivity index is 1.91. The van der Waals surface area contributed by atoms with Crippen LogP contribution in [0.15, 0.2) is 11.6 Å². The molecule has 2 rings (SSSR count). The molecule has 0 aliphatic heterocycles. The highest BCUT2D eigenvalue weighted by Gasteiger charge is 2.45. The minimum atomic E-state index is -1.08. The fraction of sp³-hybridized carbons (Fsp3) is 0.545. The Morgan fingerprint density at radius 1 is 1.56 bits per heavy atom. The first-order valence-electron chi connectivity index (χ1n) is 5.75. The molecule has 1 atom stereocenters. The number of urea groups is 1. The van der Waals surface area contributed by atoms with E-state index in [1.807, 2.05) is 12.3 Å². The van der Waals surface area contributed by atoms with Crippen LogP contribution in [0, 0.1) is 0 Å². The van der Waals surface area contributed by atoms with E-state index in [1.165, 1.54) is 11.3 Å². The van der Waals surface area contributed by atoms with Crippen molar-refractivity contribution in [1.29, 1.82) is 0 Å². The maximum atomic E-state index is 11.8. The van der Waals surface area contributed by atoms with E-state index in [2.05, 4.69) is 15.6 Å². The van der Waals surface area contributed by atoms with Crippen molar-refractivity contribution in [3.05, 3.63) is 16.6 Å². The second-order valence-electron chi connectivity index (χ2n) is 4.43. The molecule has 2 amide bonds. The van der Waals surface area contributed by atoms with Crippen molar-refractivity contribution in [1.82, 2.24) is 15.6 Å². The van der Waals surface area contributed by atoms with E-state index in [4.69, 9.17) is 5.11 Å². The summed E-state index contributed by atoms with van der Waals surface area (Å²) in [4.78, 5) is 26.9. The quantitative estimate of drug-likeness (QED) is 0.772. The van der Waals surface area contributed by atoms with Crippen LogP contribution in [0.2, 0.25) is 0 Å². The van der Waals surface area contributed by atoms with Crippen LogP contribution in [0.1, 0.15) is 37.2 Å². The number of nitrogens with zero attached hydrogens (tertiary/aromatic N) is 1. The molecule has 7 heteroatoms. The zero-order valence-electron chi connectivity index (χ0n) is 9.97. The fourth-order valence-corrected chi connectivity index (χ4v) is 2.53. The molecule has 1 fully saturated rings. The van der Waals surface area contributed by atoms with Crippen LogP contribution in [-0.2, 0) is 4.79 Å². The predicted molar refractivity (Wildman–Crippen MR) is 66.4 cm³/mol. The van der Waals surface area contributed by atoms with Crippen molar-refractivity contribution in [2.24, 2.45) is 0 Å². The lowest BCUT2D eigenvalue weighted by Gasteiger charge is -2.38. The molecule has 1 aliphatic carbocycles. The summed E-state index contributed by atoms with van der Waals surface area (Å²) in [5.41, 5.74) is -1.08. The van der Waals surface area contributed by atoms with Gasteiger partial charge >= 0.3 is 12.0 Å². The normalized spacial score (nSPS) is 18.5. The van der Waals surface area contributed by atoms with Gasteiger partial charge in [-0.15, -0.1) is 11.3 Å². The summed E-state index contributed by atoms with van der Waals surface area (Å²) in [7, 11) is 0. The summed E-state index contributed by atoms with van der Waals surface area (Å²) < 4.78 is 0. The topological polar surface area (TPSA) is 91.3 Å². The van der Waals surface area contributed by atoms with Gasteiger partial charge < -0.3 is 15.7 Å². The van der Waals surface area contributed by atoms with E-state index in [9.17, 15) is 9.59 Å². The van der Waals surface area contributed by atoms with Gasteiger partial charge in [-0.2, -0.15) is 0 Å². The Labute approximate surface area is 108 Å². The summed E-state index contributed by atoms with van der Waals surface area (Å²) in [6, 6.07) is -0.685. The fourth-order valence-electron chi connectivity index (χ4n) is 1.88. The monoisotopic (exact) mass is 269 g/mol. The minimum absolute atomic E-state index is 0.226. The average molecular weight is 269 g/mol. The zero-order chi connectivity index (χ0) is 13.2. The van der Waals surface area contributed by atoms with Gasteiger partial charge in [-0.3, -0.25) is 0 Å². The predicted octanol–water partition coefficient (Wildman–Crippen LogP) is 1.51. The first-order chi connectivity index (χ1) is 8.53. The summed E-state index contributed by atoms with van der Waals surface area (Å²) >= 11 is 1.45. The van der Waals surface area contributed by atoms with Crippen LogP contribution in [-0.4, -0.2) is 27.6 Å². The molecule has 0 spiro atoms. The highest BCUT2D eigenvalue weighted by molar-refractivity contribution is 7.09. The van der Waals surface area contributed by atoms with Gasteiger partial charge in [0.05, 0.1) is 6.04 Å². The van der Waals surface area contributed by atoms with Gasteiger partial charge in [-0.1, -0.05) is 0 Å². The first-order valence-corrected chi connectivity index (χ1v) is 6.63. The van der Waals surface area contributed by atoms with E-state index >= 15 is 0 Å². The Bertz CT molecular complexity index is 442. The van der Waals surface area contributed by atoms with Gasteiger partial charge in [0.25, 0.3) is 0 Å². The van der Waals surface area contributed by atoms with E-state index in [-0.39, 0.29) is 6.04 Å². The number of thiazole rings is 1. The number of carboxylic acids is 1. The number of carboxylic acid groups (broad SMARTS) is 1. The number of carbonyl (C=O) groups excluding carboxylic acids is 1. The van der Waals surface area contributed by atoms with Crippen LogP contribution in [0.3, 0.4) is 0 Å². The van der Waals surface area contributed by atoms with Crippen LogP contribution in [0.25, 0.3) is 0 Å². The lowest BCUT2D eigenvalue weighted by atomic mass is 9.77. The van der Waals surface area contributed by atoms with Gasteiger partial charge in [0, 0.05) is 11.6 Å². The number of amides is 2. The number of aromatic nitrogens is 1. The number of hydrogen-bond acceptors (Lipinski definition) is 4. The number of carbonyl (C=O) groups is 2. The molecular weight excluding hydrogens is 254 g/mol. The third-order valence-corrected chi connectivity index (χ3v) is 4.10.